The average Bonchev–Trinajstić information content (AvgIpc) is 3.09. The van der Waals surface area contributed by atoms with Crippen LogP contribution in [0.4, 0.5) is 0 Å². The van der Waals surface area contributed by atoms with Gasteiger partial charge in [0.25, 0.3) is 5.56 Å². The van der Waals surface area contributed by atoms with E-state index in [1.165, 1.54) is 11.3 Å². The molecule has 0 N–H and O–H groups in total. The van der Waals surface area contributed by atoms with Crippen molar-refractivity contribution < 1.29 is 9.53 Å². The molecule has 0 amide bonds. The van der Waals surface area contributed by atoms with Crippen LogP contribution in [0.15, 0.2) is 74.5 Å². The monoisotopic (exact) mass is 464 g/mol. The van der Waals surface area contributed by atoms with E-state index in [2.05, 4.69) is 4.99 Å². The molecule has 0 fully saturated rings. The van der Waals surface area contributed by atoms with E-state index in [9.17, 15) is 9.59 Å². The second-order valence-electron chi connectivity index (χ2n) is 7.49. The van der Waals surface area contributed by atoms with Crippen molar-refractivity contribution in [3.8, 4) is 0 Å². The number of esters is 1. The Labute approximate surface area is 194 Å². The standard InChI is InChI=1S/C25H24N2O3S2/c1-5-30-24(29)21-16(3)26-25-27(22(21)18-10-12-19(31-4)13-11-18)23(28)20(32-25)14-17-8-6-15(2)7-9-17/h6-14,22H,5H2,1-4H3/b20-14-. The molecule has 1 aliphatic heterocycles. The number of aryl methyl sites for hydroxylation is 1. The highest BCUT2D eigenvalue weighted by atomic mass is 32.2. The summed E-state index contributed by atoms with van der Waals surface area (Å²) in [6.45, 7) is 5.85. The van der Waals surface area contributed by atoms with Gasteiger partial charge in [-0.25, -0.2) is 9.79 Å². The summed E-state index contributed by atoms with van der Waals surface area (Å²) in [4.78, 5) is 32.7. The normalized spacial score (nSPS) is 16.0. The molecule has 2 heterocycles. The molecular formula is C25H24N2O3S2. The first kappa shape index (κ1) is 22.3. The lowest BCUT2D eigenvalue weighted by Crippen LogP contribution is -2.39. The molecule has 1 atom stereocenters. The lowest BCUT2D eigenvalue weighted by Gasteiger charge is -2.24. The maximum atomic E-state index is 13.5. The van der Waals surface area contributed by atoms with Crippen molar-refractivity contribution in [2.45, 2.75) is 31.7 Å². The summed E-state index contributed by atoms with van der Waals surface area (Å²) in [7, 11) is 0. The molecule has 0 aliphatic carbocycles. The number of fused-ring (bicyclic) bond motifs is 1. The first-order valence-electron chi connectivity index (χ1n) is 10.3. The predicted molar refractivity (Wildman–Crippen MR) is 130 cm³/mol. The maximum Gasteiger partial charge on any atom is 0.338 e. The smallest absolute Gasteiger partial charge is 0.338 e. The Kier molecular flexibility index (Phi) is 6.48. The van der Waals surface area contributed by atoms with Crippen LogP contribution in [0.5, 0.6) is 0 Å². The van der Waals surface area contributed by atoms with Crippen molar-refractivity contribution in [3.63, 3.8) is 0 Å². The van der Waals surface area contributed by atoms with Crippen LogP contribution in [0.2, 0.25) is 0 Å². The number of rotatable bonds is 5. The molecule has 1 aliphatic rings. The van der Waals surface area contributed by atoms with Gasteiger partial charge in [-0.1, -0.05) is 53.3 Å². The summed E-state index contributed by atoms with van der Waals surface area (Å²) < 4.78 is 7.54. The zero-order valence-electron chi connectivity index (χ0n) is 18.4. The van der Waals surface area contributed by atoms with Crippen molar-refractivity contribution in [1.82, 2.24) is 4.57 Å². The third kappa shape index (κ3) is 4.23. The number of thiazole rings is 1. The fraction of sp³-hybridized carbons (Fsp3) is 0.240. The molecule has 0 spiro atoms. The number of nitrogens with zero attached hydrogens (tertiary/aromatic N) is 2. The highest BCUT2D eigenvalue weighted by Crippen LogP contribution is 2.31. The minimum absolute atomic E-state index is 0.164. The Hall–Kier alpha value is -2.90. The Morgan fingerprint density at radius 1 is 1.16 bits per heavy atom. The largest absolute Gasteiger partial charge is 0.463 e. The molecule has 0 bridgehead atoms. The molecular weight excluding hydrogens is 440 g/mol. The van der Waals surface area contributed by atoms with Crippen molar-refractivity contribution in [3.05, 3.63) is 96.2 Å². The van der Waals surface area contributed by atoms with Crippen molar-refractivity contribution >= 4 is 35.1 Å². The Bertz CT molecular complexity index is 1360. The van der Waals surface area contributed by atoms with Gasteiger partial charge in [0.2, 0.25) is 0 Å². The van der Waals surface area contributed by atoms with Crippen LogP contribution < -0.4 is 14.9 Å². The average molecular weight is 465 g/mol. The number of hydrogen-bond donors (Lipinski definition) is 0. The van der Waals surface area contributed by atoms with E-state index in [1.54, 1.807) is 30.2 Å². The molecule has 2 aromatic carbocycles. The van der Waals surface area contributed by atoms with E-state index < -0.39 is 12.0 Å². The highest BCUT2D eigenvalue weighted by Gasteiger charge is 2.33. The molecule has 3 aromatic rings. The summed E-state index contributed by atoms with van der Waals surface area (Å²) in [5, 5.41) is 0. The Morgan fingerprint density at radius 3 is 2.47 bits per heavy atom. The summed E-state index contributed by atoms with van der Waals surface area (Å²) in [5.74, 6) is -0.444. The summed E-state index contributed by atoms with van der Waals surface area (Å²) in [6, 6.07) is 15.4. The van der Waals surface area contributed by atoms with Gasteiger partial charge in [0.05, 0.1) is 28.5 Å². The van der Waals surface area contributed by atoms with Crippen LogP contribution in [0.3, 0.4) is 0 Å². The van der Waals surface area contributed by atoms with Crippen molar-refractivity contribution in [1.29, 1.82) is 0 Å². The summed E-state index contributed by atoms with van der Waals surface area (Å²) in [5.41, 5.74) is 3.77. The van der Waals surface area contributed by atoms with Crippen LogP contribution in [0, 0.1) is 6.92 Å². The van der Waals surface area contributed by atoms with Crippen molar-refractivity contribution in [2.75, 3.05) is 12.9 Å². The van der Waals surface area contributed by atoms with Crippen LogP contribution in [-0.2, 0) is 9.53 Å². The molecule has 7 heteroatoms. The van der Waals surface area contributed by atoms with E-state index in [1.807, 2.05) is 67.8 Å². The Balaban J connectivity index is 1.93. The fourth-order valence-electron chi connectivity index (χ4n) is 3.71. The number of ether oxygens (including phenoxy) is 1. The lowest BCUT2D eigenvalue weighted by molar-refractivity contribution is -0.139. The Morgan fingerprint density at radius 2 is 1.84 bits per heavy atom. The lowest BCUT2D eigenvalue weighted by atomic mass is 9.96. The van der Waals surface area contributed by atoms with E-state index in [0.29, 0.717) is 20.6 Å². The SMILES string of the molecule is CCOC(=O)C1=C(C)N=c2s/c(=C\c3ccc(C)cc3)c(=O)n2C1c1ccc(SC)cc1. The summed E-state index contributed by atoms with van der Waals surface area (Å²) in [6.07, 6.45) is 3.89. The molecule has 0 saturated heterocycles. The molecule has 0 radical (unpaired) electrons. The number of carbonyl (C=O) groups excluding carboxylic acids is 1. The van der Waals surface area contributed by atoms with Gasteiger partial charge >= 0.3 is 5.97 Å². The zero-order valence-corrected chi connectivity index (χ0v) is 20.0. The second-order valence-corrected chi connectivity index (χ2v) is 9.37. The van der Waals surface area contributed by atoms with Crippen LogP contribution in [0.1, 0.15) is 36.6 Å². The van der Waals surface area contributed by atoms with Crippen molar-refractivity contribution in [2.24, 2.45) is 4.99 Å². The highest BCUT2D eigenvalue weighted by molar-refractivity contribution is 7.98. The van der Waals surface area contributed by atoms with Gasteiger partial charge in [0.15, 0.2) is 4.80 Å². The number of carbonyl (C=O) groups is 1. The third-order valence-electron chi connectivity index (χ3n) is 5.32. The zero-order chi connectivity index (χ0) is 22.8. The molecule has 1 aromatic heterocycles. The maximum absolute atomic E-state index is 13.5. The predicted octanol–water partition coefficient (Wildman–Crippen LogP) is 3.83. The minimum atomic E-state index is -0.582. The number of hydrogen-bond acceptors (Lipinski definition) is 6. The number of aromatic nitrogens is 1. The molecule has 5 nitrogen and oxygen atoms in total. The molecule has 164 valence electrons. The van der Waals surface area contributed by atoms with Crippen LogP contribution in [-0.4, -0.2) is 23.4 Å². The first-order valence-corrected chi connectivity index (χ1v) is 12.4. The van der Waals surface area contributed by atoms with Gasteiger partial charge in [-0.2, -0.15) is 0 Å². The minimum Gasteiger partial charge on any atom is -0.463 e. The molecule has 4 rings (SSSR count). The van der Waals surface area contributed by atoms with Crippen LogP contribution >= 0.6 is 23.1 Å². The van der Waals surface area contributed by atoms with Gasteiger partial charge in [0, 0.05) is 4.90 Å². The van der Waals surface area contributed by atoms with E-state index in [4.69, 9.17) is 4.74 Å². The van der Waals surface area contributed by atoms with Gasteiger partial charge in [-0.3, -0.25) is 9.36 Å². The van der Waals surface area contributed by atoms with E-state index >= 15 is 0 Å². The van der Waals surface area contributed by atoms with E-state index in [-0.39, 0.29) is 12.2 Å². The second kappa shape index (κ2) is 9.30. The quantitative estimate of drug-likeness (QED) is 0.425. The van der Waals surface area contributed by atoms with Crippen LogP contribution in [0.25, 0.3) is 6.08 Å². The number of benzene rings is 2. The first-order chi connectivity index (χ1) is 15.4. The van der Waals surface area contributed by atoms with E-state index in [0.717, 1.165) is 21.6 Å². The topological polar surface area (TPSA) is 60.7 Å². The van der Waals surface area contributed by atoms with Gasteiger partial charge in [-0.15, -0.1) is 11.8 Å². The van der Waals surface area contributed by atoms with Gasteiger partial charge in [0.1, 0.15) is 0 Å². The number of allylic oxidation sites excluding steroid dienone is 1. The molecule has 1 unspecified atom stereocenters. The number of thioether (sulfide) groups is 1. The molecule has 0 saturated carbocycles. The van der Waals surface area contributed by atoms with Gasteiger partial charge in [-0.05, 0) is 56.4 Å². The third-order valence-corrected chi connectivity index (χ3v) is 7.05. The fourth-order valence-corrected chi connectivity index (χ4v) is 5.16. The molecule has 32 heavy (non-hydrogen) atoms. The summed E-state index contributed by atoms with van der Waals surface area (Å²) >= 11 is 2.98. The van der Waals surface area contributed by atoms with Gasteiger partial charge < -0.3 is 4.74 Å².